The van der Waals surface area contributed by atoms with Crippen LogP contribution in [0.4, 0.5) is 16.6 Å². The van der Waals surface area contributed by atoms with E-state index in [4.69, 9.17) is 4.98 Å². The van der Waals surface area contributed by atoms with Gasteiger partial charge < -0.3 is 15.5 Å². The molecule has 8 heteroatoms. The first-order valence-electron chi connectivity index (χ1n) is 9.66. The number of aryl methyl sites for hydroxylation is 2. The Kier molecular flexibility index (Phi) is 5.44. The van der Waals surface area contributed by atoms with E-state index in [9.17, 15) is 4.79 Å². The van der Waals surface area contributed by atoms with Crippen LogP contribution in [0.15, 0.2) is 35.8 Å². The summed E-state index contributed by atoms with van der Waals surface area (Å²) >= 11 is 1.58. The summed E-state index contributed by atoms with van der Waals surface area (Å²) in [4.78, 5) is 28.5. The van der Waals surface area contributed by atoms with Gasteiger partial charge in [-0.3, -0.25) is 9.78 Å². The van der Waals surface area contributed by atoms with Gasteiger partial charge in [-0.05, 0) is 51.0 Å². The van der Waals surface area contributed by atoms with Gasteiger partial charge in [0, 0.05) is 42.1 Å². The van der Waals surface area contributed by atoms with Gasteiger partial charge in [0.15, 0.2) is 5.13 Å². The van der Waals surface area contributed by atoms with Crippen molar-refractivity contribution in [1.82, 2.24) is 19.9 Å². The van der Waals surface area contributed by atoms with Crippen LogP contribution in [0.2, 0.25) is 0 Å². The summed E-state index contributed by atoms with van der Waals surface area (Å²) in [6.07, 6.45) is 3.53. The molecule has 0 bridgehead atoms. The van der Waals surface area contributed by atoms with E-state index in [2.05, 4.69) is 20.6 Å². The zero-order valence-corrected chi connectivity index (χ0v) is 17.6. The van der Waals surface area contributed by atoms with E-state index >= 15 is 0 Å². The fraction of sp³-hybridized carbons (Fsp3) is 0.333. The third-order valence-corrected chi connectivity index (χ3v) is 5.84. The molecule has 4 heterocycles. The van der Waals surface area contributed by atoms with E-state index in [-0.39, 0.29) is 11.9 Å². The van der Waals surface area contributed by atoms with Crippen molar-refractivity contribution < 1.29 is 4.79 Å². The average molecular weight is 409 g/mol. The molecule has 0 spiro atoms. The van der Waals surface area contributed by atoms with Crippen molar-refractivity contribution in [1.29, 1.82) is 0 Å². The predicted molar refractivity (Wildman–Crippen MR) is 116 cm³/mol. The van der Waals surface area contributed by atoms with Gasteiger partial charge in [0.25, 0.3) is 5.91 Å². The van der Waals surface area contributed by atoms with Crippen LogP contribution in [0.3, 0.4) is 0 Å². The summed E-state index contributed by atoms with van der Waals surface area (Å²) in [7, 11) is 1.80. The number of hydrogen-bond donors (Lipinski definition) is 2. The summed E-state index contributed by atoms with van der Waals surface area (Å²) in [5.74, 6) is 0.699. The molecular weight excluding hydrogens is 384 g/mol. The first kappa shape index (κ1) is 19.3. The zero-order valence-electron chi connectivity index (χ0n) is 16.8. The Bertz CT molecular complexity index is 1030. The highest BCUT2D eigenvalue weighted by Gasteiger charge is 2.32. The zero-order chi connectivity index (χ0) is 20.4. The Balaban J connectivity index is 1.60. The number of nitrogens with one attached hydrogen (secondary N) is 2. The highest BCUT2D eigenvalue weighted by molar-refractivity contribution is 7.13. The molecule has 1 saturated heterocycles. The van der Waals surface area contributed by atoms with Crippen LogP contribution in [0.1, 0.15) is 46.3 Å². The van der Waals surface area contributed by atoms with Crippen LogP contribution in [-0.4, -0.2) is 39.4 Å². The molecule has 4 rings (SSSR count). The average Bonchev–Trinajstić information content (AvgIpc) is 3.36. The van der Waals surface area contributed by atoms with E-state index in [1.54, 1.807) is 36.7 Å². The van der Waals surface area contributed by atoms with Gasteiger partial charge in [0.05, 0.1) is 17.4 Å². The maximum atomic E-state index is 13.2. The van der Waals surface area contributed by atoms with E-state index in [1.165, 1.54) is 0 Å². The Morgan fingerprint density at radius 3 is 2.83 bits per heavy atom. The summed E-state index contributed by atoms with van der Waals surface area (Å²) in [6, 6.07) is 7.56. The Morgan fingerprint density at radius 2 is 2.07 bits per heavy atom. The molecule has 2 N–H and O–H groups in total. The number of rotatable bonds is 5. The van der Waals surface area contributed by atoms with Crippen molar-refractivity contribution in [3.05, 3.63) is 58.5 Å². The molecule has 1 amide bonds. The molecule has 0 radical (unpaired) electrons. The molecule has 3 aromatic heterocycles. The van der Waals surface area contributed by atoms with Crippen molar-refractivity contribution >= 4 is 33.9 Å². The van der Waals surface area contributed by atoms with E-state index in [1.807, 2.05) is 36.3 Å². The molecule has 1 atom stereocenters. The highest BCUT2D eigenvalue weighted by Crippen LogP contribution is 2.34. The van der Waals surface area contributed by atoms with Gasteiger partial charge in [-0.1, -0.05) is 0 Å². The number of hydrogen-bond acceptors (Lipinski definition) is 7. The Hall–Kier alpha value is -3.00. The van der Waals surface area contributed by atoms with E-state index < -0.39 is 0 Å². The van der Waals surface area contributed by atoms with Crippen LogP contribution in [-0.2, 0) is 0 Å². The molecule has 3 aromatic rings. The Morgan fingerprint density at radius 1 is 1.21 bits per heavy atom. The van der Waals surface area contributed by atoms with Crippen LogP contribution < -0.4 is 10.6 Å². The molecule has 29 heavy (non-hydrogen) atoms. The lowest BCUT2D eigenvalue weighted by atomic mass is 10.1. The fourth-order valence-corrected chi connectivity index (χ4v) is 4.36. The van der Waals surface area contributed by atoms with Crippen molar-refractivity contribution in [2.24, 2.45) is 0 Å². The van der Waals surface area contributed by atoms with Crippen LogP contribution in [0, 0.1) is 13.8 Å². The topological polar surface area (TPSA) is 83.0 Å². The number of carbonyl (C=O) groups is 1. The smallest absolute Gasteiger partial charge is 0.254 e. The SMILES string of the molecule is CNc1cc(C(=O)N2CCC[C@@H]2c2cc(Nc3nc(C)cs3)cc(C)n2)ccn1. The first-order valence-corrected chi connectivity index (χ1v) is 10.5. The summed E-state index contributed by atoms with van der Waals surface area (Å²) in [5, 5.41) is 9.23. The number of carbonyl (C=O) groups excluding carboxylic acids is 1. The predicted octanol–water partition coefficient (Wildman–Crippen LogP) is 4.31. The van der Waals surface area contributed by atoms with E-state index in [0.717, 1.165) is 47.3 Å². The molecule has 0 unspecified atom stereocenters. The molecule has 0 saturated carbocycles. The monoisotopic (exact) mass is 408 g/mol. The summed E-state index contributed by atoms with van der Waals surface area (Å²) < 4.78 is 0. The number of anilines is 3. The van der Waals surface area contributed by atoms with Crippen molar-refractivity contribution in [3.63, 3.8) is 0 Å². The van der Waals surface area contributed by atoms with Gasteiger partial charge in [-0.25, -0.2) is 9.97 Å². The molecule has 1 aliphatic rings. The summed E-state index contributed by atoms with van der Waals surface area (Å²) in [6.45, 7) is 4.68. The first-order chi connectivity index (χ1) is 14.0. The number of aromatic nitrogens is 3. The molecule has 7 nitrogen and oxygen atoms in total. The molecule has 0 aliphatic carbocycles. The molecule has 1 aliphatic heterocycles. The summed E-state index contributed by atoms with van der Waals surface area (Å²) in [5.41, 5.74) is 4.41. The highest BCUT2D eigenvalue weighted by atomic mass is 32.1. The quantitative estimate of drug-likeness (QED) is 0.654. The lowest BCUT2D eigenvalue weighted by molar-refractivity contribution is 0.0732. The minimum Gasteiger partial charge on any atom is -0.373 e. The molecule has 1 fully saturated rings. The van der Waals surface area contributed by atoms with Crippen LogP contribution in [0.25, 0.3) is 0 Å². The standard InChI is InChI=1S/C21H24N6OS/c1-13-9-16(26-21-25-14(2)12-29-21)11-17(24-13)18-5-4-8-27(18)20(28)15-6-7-23-19(10-15)22-3/h6-7,9-12,18H,4-5,8H2,1-3H3,(H,22,23)(H,24,25,26)/t18-/m1/s1. The third-order valence-electron chi connectivity index (χ3n) is 4.96. The minimum absolute atomic E-state index is 0.0137. The van der Waals surface area contributed by atoms with E-state index in [0.29, 0.717) is 11.4 Å². The Labute approximate surface area is 174 Å². The number of likely N-dealkylation sites (tertiary alicyclic amines) is 1. The fourth-order valence-electron chi connectivity index (χ4n) is 3.66. The molecular formula is C21H24N6OS. The lowest BCUT2D eigenvalue weighted by Crippen LogP contribution is -2.31. The lowest BCUT2D eigenvalue weighted by Gasteiger charge is -2.25. The van der Waals surface area contributed by atoms with Crippen molar-refractivity contribution in [2.45, 2.75) is 32.7 Å². The van der Waals surface area contributed by atoms with Gasteiger partial charge >= 0.3 is 0 Å². The van der Waals surface area contributed by atoms with Crippen molar-refractivity contribution in [2.75, 3.05) is 24.2 Å². The molecule has 150 valence electrons. The number of nitrogens with zero attached hydrogens (tertiary/aromatic N) is 4. The minimum atomic E-state index is -0.0350. The number of amides is 1. The third kappa shape index (κ3) is 4.22. The molecule has 0 aromatic carbocycles. The van der Waals surface area contributed by atoms with Gasteiger partial charge in [-0.15, -0.1) is 11.3 Å². The van der Waals surface area contributed by atoms with Crippen LogP contribution >= 0.6 is 11.3 Å². The van der Waals surface area contributed by atoms with Crippen LogP contribution in [0.5, 0.6) is 0 Å². The second-order valence-electron chi connectivity index (χ2n) is 7.18. The maximum absolute atomic E-state index is 13.2. The number of pyridine rings is 2. The normalized spacial score (nSPS) is 16.1. The maximum Gasteiger partial charge on any atom is 0.254 e. The number of thiazole rings is 1. The van der Waals surface area contributed by atoms with Gasteiger partial charge in [-0.2, -0.15) is 0 Å². The van der Waals surface area contributed by atoms with Gasteiger partial charge in [0.1, 0.15) is 5.82 Å². The largest absolute Gasteiger partial charge is 0.373 e. The van der Waals surface area contributed by atoms with Crippen molar-refractivity contribution in [3.8, 4) is 0 Å². The second-order valence-corrected chi connectivity index (χ2v) is 8.04. The van der Waals surface area contributed by atoms with Gasteiger partial charge in [0.2, 0.25) is 0 Å². The second kappa shape index (κ2) is 8.16.